The van der Waals surface area contributed by atoms with Crippen LogP contribution in [0.1, 0.15) is 121 Å². The summed E-state index contributed by atoms with van der Waals surface area (Å²) in [4.78, 5) is 2.85. The van der Waals surface area contributed by atoms with Crippen LogP contribution in [0.3, 0.4) is 0 Å². The van der Waals surface area contributed by atoms with Gasteiger partial charge in [-0.25, -0.2) is 0 Å². The molecule has 0 spiro atoms. The highest BCUT2D eigenvalue weighted by atomic mass is 15.4. The third kappa shape index (κ3) is 6.57. The first-order valence-electron chi connectivity index (χ1n) is 25.6. The number of para-hydroxylation sites is 2. The molecule has 65 heavy (non-hydrogen) atoms. The van der Waals surface area contributed by atoms with Gasteiger partial charge in [-0.1, -0.05) is 117 Å². The second kappa shape index (κ2) is 16.0. The molecule has 4 aromatic rings. The predicted octanol–water partition coefficient (Wildman–Crippen LogP) is 12.7. The molecule has 3 aromatic carbocycles. The number of fused-ring (bicyclic) bond motifs is 9. The van der Waals surface area contributed by atoms with Gasteiger partial charge >= 0.3 is 0 Å². The van der Waals surface area contributed by atoms with E-state index in [-0.39, 0.29) is 36.5 Å². The Balaban J connectivity index is 1.04. The lowest BCUT2D eigenvalue weighted by atomic mass is 9.64. The SMILES string of the molecule is CC1=CC2c3cc(C)cc(C)c3N(C3CC(n4c5ccccc5c5ccccc54)=C(C#N)C=C3C3NC(C4CC=CCC4)NC(C4CCCC5C4C4CCCCC4C5(C)C)N3)C2C(C)=C1. The Kier molecular flexibility index (Phi) is 10.3. The maximum atomic E-state index is 11.5. The molecule has 6 heteroatoms. The highest BCUT2D eigenvalue weighted by Gasteiger charge is 2.59. The van der Waals surface area contributed by atoms with Crippen LogP contribution in [0.25, 0.3) is 27.5 Å². The van der Waals surface area contributed by atoms with Crippen LogP contribution in [0.15, 0.2) is 113 Å². The molecular weight excluding hydrogens is 793 g/mol. The maximum absolute atomic E-state index is 11.5. The van der Waals surface area contributed by atoms with Crippen molar-refractivity contribution in [3.63, 3.8) is 0 Å². The highest BCUT2D eigenvalue weighted by molar-refractivity contribution is 6.10. The normalized spacial score (nSPS) is 35.2. The zero-order valence-corrected chi connectivity index (χ0v) is 39.7. The molecule has 3 heterocycles. The molecule has 0 radical (unpaired) electrons. The third-order valence-electron chi connectivity index (χ3n) is 18.6. The molecule has 12 rings (SSSR count). The molecule has 1 aromatic heterocycles. The standard InChI is InChI=1S/C59H70N6/c1-34-27-36(3)54-44(29-34)45-30-35(2)28-37(4)55(45)65(54)52-32-51(64-49-25-14-11-19-40(49)41-20-12-15-26-50(41)64)39(33-60)31-46(52)58-62-56(38-17-8-7-9-18-38)61-57(63-58)43-22-16-24-48-53(43)42-21-10-13-23-47(42)59(48,5)6/h7-8,11-12,14-15,19-20,25-31,38,42-44,47-48,52-54,56-58,61-63H,9-10,13,16-18,21-24,32H2,1-6H3. The van der Waals surface area contributed by atoms with E-state index in [2.05, 4.69) is 164 Å². The number of hydrogen-bond acceptors (Lipinski definition) is 5. The Bertz CT molecular complexity index is 2720. The van der Waals surface area contributed by atoms with E-state index in [1.165, 1.54) is 112 Å². The molecule has 0 bridgehead atoms. The lowest BCUT2D eigenvalue weighted by Gasteiger charge is -2.52. The minimum atomic E-state index is -0.0967. The summed E-state index contributed by atoms with van der Waals surface area (Å²) in [5, 5.41) is 27.1. The zero-order chi connectivity index (χ0) is 44.3. The van der Waals surface area contributed by atoms with Crippen molar-refractivity contribution in [1.29, 1.82) is 5.26 Å². The Hall–Kier alpha value is -4.67. The molecule has 8 aliphatic rings. The molecule has 6 nitrogen and oxygen atoms in total. The summed E-state index contributed by atoms with van der Waals surface area (Å²) in [6, 6.07) is 25.5. The number of nitriles is 1. The van der Waals surface area contributed by atoms with Gasteiger partial charge in [0.05, 0.1) is 47.2 Å². The summed E-state index contributed by atoms with van der Waals surface area (Å²) in [6.07, 6.45) is 26.2. The van der Waals surface area contributed by atoms with Gasteiger partial charge < -0.3 is 9.47 Å². The van der Waals surface area contributed by atoms with Gasteiger partial charge in [-0.05, 0) is 154 Å². The van der Waals surface area contributed by atoms with E-state index in [0.717, 1.165) is 54.2 Å². The molecule has 0 amide bonds. The topological polar surface area (TPSA) is 68.0 Å². The number of nitrogens with zero attached hydrogens (tertiary/aromatic N) is 3. The second-order valence-electron chi connectivity index (χ2n) is 22.5. The second-order valence-corrected chi connectivity index (χ2v) is 22.5. The van der Waals surface area contributed by atoms with Crippen LogP contribution >= 0.6 is 0 Å². The van der Waals surface area contributed by atoms with Crippen molar-refractivity contribution >= 4 is 33.2 Å². The molecule has 336 valence electrons. The number of nitrogens with one attached hydrogen (secondary N) is 3. The zero-order valence-electron chi connectivity index (χ0n) is 39.7. The monoisotopic (exact) mass is 863 g/mol. The number of allylic oxidation sites excluding steroid dienone is 6. The predicted molar refractivity (Wildman–Crippen MR) is 268 cm³/mol. The number of rotatable bonds is 5. The molecule has 3 saturated carbocycles. The van der Waals surface area contributed by atoms with Crippen molar-refractivity contribution in [1.82, 2.24) is 20.5 Å². The minimum Gasteiger partial charge on any atom is -0.356 e. The summed E-state index contributed by atoms with van der Waals surface area (Å²) < 4.78 is 2.45. The fourth-order valence-corrected chi connectivity index (χ4v) is 16.2. The fraction of sp³-hybridized carbons (Fsp3) is 0.508. The molecule has 4 fully saturated rings. The number of anilines is 1. The van der Waals surface area contributed by atoms with E-state index in [9.17, 15) is 5.26 Å². The van der Waals surface area contributed by atoms with E-state index in [1.54, 1.807) is 0 Å². The molecule has 2 aliphatic heterocycles. The van der Waals surface area contributed by atoms with Crippen LogP contribution in [-0.4, -0.2) is 35.1 Å². The fourth-order valence-electron chi connectivity index (χ4n) is 16.2. The van der Waals surface area contributed by atoms with Crippen molar-refractivity contribution in [3.8, 4) is 6.07 Å². The van der Waals surface area contributed by atoms with Gasteiger partial charge in [-0.3, -0.25) is 16.0 Å². The first kappa shape index (κ1) is 41.7. The number of benzene rings is 3. The molecule has 1 saturated heterocycles. The van der Waals surface area contributed by atoms with Crippen LogP contribution in [0.5, 0.6) is 0 Å². The molecule has 12 atom stereocenters. The van der Waals surface area contributed by atoms with Gasteiger partial charge in [0.2, 0.25) is 0 Å². The molecular formula is C59H70N6. The first-order chi connectivity index (χ1) is 31.6. The van der Waals surface area contributed by atoms with Crippen LogP contribution in [0, 0.1) is 66.1 Å². The van der Waals surface area contributed by atoms with E-state index in [1.807, 2.05) is 0 Å². The van der Waals surface area contributed by atoms with Crippen molar-refractivity contribution in [2.24, 2.45) is 40.9 Å². The lowest BCUT2D eigenvalue weighted by molar-refractivity contribution is 0.0296. The number of aryl methyl sites for hydroxylation is 2. The van der Waals surface area contributed by atoms with Gasteiger partial charge in [-0.15, -0.1) is 0 Å². The Morgan fingerprint density at radius 1 is 0.754 bits per heavy atom. The van der Waals surface area contributed by atoms with Gasteiger partial charge in [0.1, 0.15) is 6.07 Å². The summed E-state index contributed by atoms with van der Waals surface area (Å²) in [6.45, 7) is 14.6. The quantitative estimate of drug-likeness (QED) is 0.174. The third-order valence-corrected chi connectivity index (χ3v) is 18.6. The van der Waals surface area contributed by atoms with Crippen molar-refractivity contribution < 1.29 is 0 Å². The van der Waals surface area contributed by atoms with Crippen LogP contribution < -0.4 is 20.9 Å². The number of aromatic nitrogens is 1. The van der Waals surface area contributed by atoms with E-state index in [0.29, 0.717) is 17.3 Å². The van der Waals surface area contributed by atoms with Crippen LogP contribution in [0.2, 0.25) is 0 Å². The maximum Gasteiger partial charge on any atom is 0.101 e. The Morgan fingerprint density at radius 3 is 2.23 bits per heavy atom. The molecule has 12 unspecified atom stereocenters. The van der Waals surface area contributed by atoms with Gasteiger partial charge in [0.25, 0.3) is 0 Å². The average molecular weight is 863 g/mol. The summed E-state index contributed by atoms with van der Waals surface area (Å²) >= 11 is 0. The largest absolute Gasteiger partial charge is 0.356 e. The average Bonchev–Trinajstić information content (AvgIpc) is 3.92. The van der Waals surface area contributed by atoms with Crippen molar-refractivity contribution in [2.75, 3.05) is 4.90 Å². The van der Waals surface area contributed by atoms with Crippen molar-refractivity contribution in [3.05, 3.63) is 130 Å². The van der Waals surface area contributed by atoms with Gasteiger partial charge in [0.15, 0.2) is 0 Å². The highest BCUT2D eigenvalue weighted by Crippen LogP contribution is 2.65. The Labute approximate surface area is 388 Å². The number of hydrogen-bond donors (Lipinski definition) is 3. The smallest absolute Gasteiger partial charge is 0.101 e. The Morgan fingerprint density at radius 2 is 1.48 bits per heavy atom. The molecule has 3 N–H and O–H groups in total. The van der Waals surface area contributed by atoms with Gasteiger partial charge in [0, 0.05) is 34.5 Å². The summed E-state index contributed by atoms with van der Waals surface area (Å²) in [5.74, 6) is 4.55. The van der Waals surface area contributed by atoms with Gasteiger partial charge in [-0.2, -0.15) is 5.26 Å². The summed E-state index contributed by atoms with van der Waals surface area (Å²) in [5.41, 5.74) is 14.2. The minimum absolute atomic E-state index is 0.00442. The van der Waals surface area contributed by atoms with Crippen LogP contribution in [-0.2, 0) is 0 Å². The lowest BCUT2D eigenvalue weighted by Crippen LogP contribution is -2.73. The first-order valence-corrected chi connectivity index (χ1v) is 25.6. The molecule has 6 aliphatic carbocycles. The van der Waals surface area contributed by atoms with Crippen molar-refractivity contribution in [2.45, 2.75) is 149 Å². The van der Waals surface area contributed by atoms with E-state index >= 15 is 0 Å². The summed E-state index contributed by atoms with van der Waals surface area (Å²) in [7, 11) is 0. The van der Waals surface area contributed by atoms with E-state index in [4.69, 9.17) is 0 Å². The van der Waals surface area contributed by atoms with Crippen LogP contribution in [0.4, 0.5) is 5.69 Å². The van der Waals surface area contributed by atoms with E-state index < -0.39 is 0 Å².